The zero-order chi connectivity index (χ0) is 20.1. The summed E-state index contributed by atoms with van der Waals surface area (Å²) in [5.41, 5.74) is -0.816. The van der Waals surface area contributed by atoms with Crippen LogP contribution in [0.3, 0.4) is 0 Å². The van der Waals surface area contributed by atoms with Crippen molar-refractivity contribution >= 4 is 5.96 Å². The lowest BCUT2D eigenvalue weighted by atomic mass is 10.2. The molecule has 2 N–H and O–H groups in total. The number of rotatable bonds is 6. The maximum absolute atomic E-state index is 13.1. The zero-order valence-electron chi connectivity index (χ0n) is 16.0. The highest BCUT2D eigenvalue weighted by molar-refractivity contribution is 5.79. The number of aromatic nitrogens is 2. The van der Waals surface area contributed by atoms with Crippen LogP contribution in [-0.4, -0.2) is 47.3 Å². The number of aryl methyl sites for hydroxylation is 1. The fraction of sp³-hybridized carbons (Fsp3) is 0.556. The SMILES string of the molecule is CN=C(NCc1cn(C)nc1C(F)(F)F)NCC(c1ccco1)N1CCCC1. The highest BCUT2D eigenvalue weighted by Gasteiger charge is 2.36. The Morgan fingerprint density at radius 3 is 2.68 bits per heavy atom. The maximum Gasteiger partial charge on any atom is 0.435 e. The zero-order valence-corrected chi connectivity index (χ0v) is 16.0. The molecule has 0 spiro atoms. The van der Waals surface area contributed by atoms with Crippen molar-refractivity contribution in [1.29, 1.82) is 0 Å². The van der Waals surface area contributed by atoms with Gasteiger partial charge in [0.15, 0.2) is 11.7 Å². The number of nitrogens with one attached hydrogen (secondary N) is 2. The molecule has 28 heavy (non-hydrogen) atoms. The van der Waals surface area contributed by atoms with Gasteiger partial charge in [0, 0.05) is 38.9 Å². The molecule has 0 aromatic carbocycles. The summed E-state index contributed by atoms with van der Waals surface area (Å²) in [6.45, 7) is 2.48. The van der Waals surface area contributed by atoms with Crippen molar-refractivity contribution in [3.05, 3.63) is 41.6 Å². The summed E-state index contributed by atoms with van der Waals surface area (Å²) in [7, 11) is 3.05. The lowest BCUT2D eigenvalue weighted by Gasteiger charge is -2.26. The van der Waals surface area contributed by atoms with Crippen molar-refractivity contribution in [2.75, 3.05) is 26.7 Å². The van der Waals surface area contributed by atoms with Crippen molar-refractivity contribution in [3.8, 4) is 0 Å². The summed E-state index contributed by atoms with van der Waals surface area (Å²) < 4.78 is 46.0. The van der Waals surface area contributed by atoms with Crippen molar-refractivity contribution in [2.24, 2.45) is 12.0 Å². The molecule has 2 aromatic rings. The third kappa shape index (κ3) is 4.86. The minimum Gasteiger partial charge on any atom is -0.468 e. The number of hydrogen-bond acceptors (Lipinski definition) is 4. The highest BCUT2D eigenvalue weighted by atomic mass is 19.4. The molecule has 0 amide bonds. The number of nitrogens with zero attached hydrogens (tertiary/aromatic N) is 4. The predicted octanol–water partition coefficient (Wildman–Crippen LogP) is 2.53. The Hall–Kier alpha value is -2.49. The van der Waals surface area contributed by atoms with Crippen LogP contribution in [0.25, 0.3) is 0 Å². The number of halogens is 3. The molecule has 0 bridgehead atoms. The molecule has 1 aliphatic heterocycles. The summed E-state index contributed by atoms with van der Waals surface area (Å²) >= 11 is 0. The van der Waals surface area contributed by atoms with E-state index in [1.165, 1.54) is 13.2 Å². The molecule has 10 heteroatoms. The molecule has 1 fully saturated rings. The van der Waals surface area contributed by atoms with E-state index in [0.717, 1.165) is 36.4 Å². The second-order valence-corrected chi connectivity index (χ2v) is 6.76. The topological polar surface area (TPSA) is 70.6 Å². The monoisotopic (exact) mass is 398 g/mol. The molecule has 1 atom stereocenters. The van der Waals surface area contributed by atoms with Gasteiger partial charge in [0.2, 0.25) is 0 Å². The second-order valence-electron chi connectivity index (χ2n) is 6.76. The molecule has 1 unspecified atom stereocenters. The van der Waals surface area contributed by atoms with Gasteiger partial charge < -0.3 is 15.1 Å². The predicted molar refractivity (Wildman–Crippen MR) is 98.7 cm³/mol. The van der Waals surface area contributed by atoms with Crippen molar-refractivity contribution < 1.29 is 17.6 Å². The normalized spacial score (nSPS) is 17.1. The number of furan rings is 1. The highest BCUT2D eigenvalue weighted by Crippen LogP contribution is 2.30. The Kier molecular flexibility index (Phi) is 6.28. The van der Waals surface area contributed by atoms with Gasteiger partial charge in [-0.2, -0.15) is 18.3 Å². The number of aliphatic imine (C=N–C) groups is 1. The van der Waals surface area contributed by atoms with Crippen LogP contribution in [0, 0.1) is 0 Å². The van der Waals surface area contributed by atoms with Crippen molar-refractivity contribution in [2.45, 2.75) is 31.6 Å². The van der Waals surface area contributed by atoms with E-state index >= 15 is 0 Å². The van der Waals surface area contributed by atoms with E-state index in [0.29, 0.717) is 12.5 Å². The van der Waals surface area contributed by atoms with E-state index < -0.39 is 11.9 Å². The minimum absolute atomic E-state index is 0.0303. The molecule has 0 radical (unpaired) electrons. The van der Waals surface area contributed by atoms with Crippen LogP contribution in [0.5, 0.6) is 0 Å². The molecule has 1 aliphatic rings. The first kappa shape index (κ1) is 20.2. The van der Waals surface area contributed by atoms with Crippen LogP contribution < -0.4 is 10.6 Å². The molecule has 3 heterocycles. The largest absolute Gasteiger partial charge is 0.468 e. The Balaban J connectivity index is 1.61. The smallest absolute Gasteiger partial charge is 0.435 e. The first-order valence-corrected chi connectivity index (χ1v) is 9.20. The van der Waals surface area contributed by atoms with E-state index in [-0.39, 0.29) is 18.2 Å². The van der Waals surface area contributed by atoms with E-state index in [1.54, 1.807) is 13.3 Å². The third-order valence-electron chi connectivity index (χ3n) is 4.76. The fourth-order valence-electron chi connectivity index (χ4n) is 3.44. The van der Waals surface area contributed by atoms with Gasteiger partial charge in [-0.05, 0) is 38.1 Å². The van der Waals surface area contributed by atoms with Gasteiger partial charge in [-0.25, -0.2) is 0 Å². The van der Waals surface area contributed by atoms with Gasteiger partial charge in [-0.3, -0.25) is 14.6 Å². The average Bonchev–Trinajstić information content (AvgIpc) is 3.39. The molecule has 2 aromatic heterocycles. The van der Waals surface area contributed by atoms with Gasteiger partial charge in [0.25, 0.3) is 0 Å². The van der Waals surface area contributed by atoms with Gasteiger partial charge >= 0.3 is 6.18 Å². The summed E-state index contributed by atoms with van der Waals surface area (Å²) in [5, 5.41) is 9.66. The number of alkyl halides is 3. The number of hydrogen-bond donors (Lipinski definition) is 2. The fourth-order valence-corrected chi connectivity index (χ4v) is 3.44. The lowest BCUT2D eigenvalue weighted by Crippen LogP contribution is -2.42. The molecule has 0 aliphatic carbocycles. The van der Waals surface area contributed by atoms with Crippen LogP contribution >= 0.6 is 0 Å². The number of guanidine groups is 1. The Bertz CT molecular complexity index is 778. The van der Waals surface area contributed by atoms with E-state index in [1.807, 2.05) is 12.1 Å². The molecule has 0 saturated carbocycles. The standard InChI is InChI=1S/C18H25F3N6O/c1-22-17(23-10-13-12-26(2)25-16(13)18(19,20)21)24-11-14(15-6-5-9-28-15)27-7-3-4-8-27/h5-6,9,12,14H,3-4,7-8,10-11H2,1-2H3,(H2,22,23,24). The summed E-state index contributed by atoms with van der Waals surface area (Å²) in [4.78, 5) is 6.45. The molecule has 3 rings (SSSR count). The first-order valence-electron chi connectivity index (χ1n) is 9.20. The third-order valence-corrected chi connectivity index (χ3v) is 4.76. The number of likely N-dealkylation sites (tertiary alicyclic amines) is 1. The lowest BCUT2D eigenvalue weighted by molar-refractivity contribution is -0.142. The van der Waals surface area contributed by atoms with E-state index in [4.69, 9.17) is 4.42 Å². The molecule has 7 nitrogen and oxygen atoms in total. The first-order chi connectivity index (χ1) is 13.4. The maximum atomic E-state index is 13.1. The van der Waals surface area contributed by atoms with Crippen molar-refractivity contribution in [1.82, 2.24) is 25.3 Å². The summed E-state index contributed by atoms with van der Waals surface area (Å²) in [5.74, 6) is 1.28. The van der Waals surface area contributed by atoms with E-state index in [9.17, 15) is 13.2 Å². The van der Waals surface area contributed by atoms with Crippen molar-refractivity contribution in [3.63, 3.8) is 0 Å². The second kappa shape index (κ2) is 8.68. The Morgan fingerprint density at radius 1 is 1.32 bits per heavy atom. The van der Waals surface area contributed by atoms with Crippen LogP contribution in [0.15, 0.2) is 34.0 Å². The van der Waals surface area contributed by atoms with Gasteiger partial charge in [-0.1, -0.05) is 0 Å². The van der Waals surface area contributed by atoms with E-state index in [2.05, 4.69) is 25.6 Å². The summed E-state index contributed by atoms with van der Waals surface area (Å²) in [6, 6.07) is 3.83. The Morgan fingerprint density at radius 2 is 2.07 bits per heavy atom. The Labute approximate surface area is 161 Å². The molecular formula is C18H25F3N6O. The molecular weight excluding hydrogens is 373 g/mol. The molecule has 1 saturated heterocycles. The van der Waals surface area contributed by atoms with Crippen LogP contribution in [0.2, 0.25) is 0 Å². The average molecular weight is 398 g/mol. The quantitative estimate of drug-likeness (QED) is 0.578. The van der Waals surface area contributed by atoms with Crippen LogP contribution in [0.4, 0.5) is 13.2 Å². The molecule has 154 valence electrons. The van der Waals surface area contributed by atoms with Crippen LogP contribution in [0.1, 0.15) is 35.9 Å². The van der Waals surface area contributed by atoms with Crippen LogP contribution in [-0.2, 0) is 19.8 Å². The van der Waals surface area contributed by atoms with Gasteiger partial charge in [0.05, 0.1) is 12.3 Å². The summed E-state index contributed by atoms with van der Waals surface area (Å²) in [6.07, 6.45) is 0.803. The minimum atomic E-state index is -4.49. The van der Waals surface area contributed by atoms with Gasteiger partial charge in [0.1, 0.15) is 5.76 Å². The van der Waals surface area contributed by atoms with Gasteiger partial charge in [-0.15, -0.1) is 0 Å².